The van der Waals surface area contributed by atoms with Crippen LogP contribution in [0.5, 0.6) is 5.75 Å². The van der Waals surface area contributed by atoms with Crippen molar-refractivity contribution in [3.05, 3.63) is 29.3 Å². The van der Waals surface area contributed by atoms with E-state index in [1.54, 1.807) is 0 Å². The average Bonchev–Trinajstić information content (AvgIpc) is 2.48. The van der Waals surface area contributed by atoms with Crippen LogP contribution >= 0.6 is 11.6 Å². The largest absolute Gasteiger partial charge is 0.491 e. The van der Waals surface area contributed by atoms with Crippen LogP contribution in [0.2, 0.25) is 5.02 Å². The van der Waals surface area contributed by atoms with Crippen molar-refractivity contribution in [3.8, 4) is 5.75 Å². The quantitative estimate of drug-likeness (QED) is 0.838. The molecule has 0 bridgehead atoms. The molecule has 1 aromatic carbocycles. The fraction of sp³-hybridized carbons (Fsp3) is 0.562. The Morgan fingerprint density at radius 1 is 1.38 bits per heavy atom. The third-order valence-corrected chi connectivity index (χ3v) is 4.23. The summed E-state index contributed by atoms with van der Waals surface area (Å²) >= 11 is 6.06. The molecule has 0 amide bonds. The second-order valence-corrected chi connectivity index (χ2v) is 5.80. The Morgan fingerprint density at radius 3 is 2.95 bits per heavy atom. The number of rotatable bonds is 7. The molecule has 4 nitrogen and oxygen atoms in total. The third kappa shape index (κ3) is 5.21. The minimum Gasteiger partial charge on any atom is -0.491 e. The molecular weight excluding hydrogens is 290 g/mol. The summed E-state index contributed by atoms with van der Waals surface area (Å²) < 4.78 is 5.72. The average molecular weight is 312 g/mol. The summed E-state index contributed by atoms with van der Waals surface area (Å²) in [5.41, 5.74) is 0. The number of carboxylic acid groups (broad SMARTS) is 1. The van der Waals surface area contributed by atoms with Gasteiger partial charge in [0.25, 0.3) is 0 Å². The van der Waals surface area contributed by atoms with Gasteiger partial charge in [-0.05, 0) is 37.9 Å². The Hall–Kier alpha value is -1.26. The zero-order chi connectivity index (χ0) is 15.1. The molecule has 0 aliphatic carbocycles. The van der Waals surface area contributed by atoms with Crippen LogP contribution in [0.15, 0.2) is 24.3 Å². The number of piperidine rings is 1. The molecule has 1 heterocycles. The van der Waals surface area contributed by atoms with Crippen LogP contribution < -0.4 is 4.74 Å². The molecule has 116 valence electrons. The number of ether oxygens (including phenoxy) is 1. The number of halogens is 1. The highest BCUT2D eigenvalue weighted by molar-refractivity contribution is 6.32. The maximum absolute atomic E-state index is 10.7. The van der Waals surface area contributed by atoms with Crippen LogP contribution in [0.4, 0.5) is 0 Å². The summed E-state index contributed by atoms with van der Waals surface area (Å²) in [6.45, 7) is 2.42. The van der Waals surface area contributed by atoms with Crippen LogP contribution in [0, 0.1) is 0 Å². The van der Waals surface area contributed by atoms with Gasteiger partial charge in [0.05, 0.1) is 5.02 Å². The molecule has 1 aliphatic rings. The first-order chi connectivity index (χ1) is 10.2. The van der Waals surface area contributed by atoms with Gasteiger partial charge < -0.3 is 9.84 Å². The number of benzene rings is 1. The molecule has 0 spiro atoms. The Bertz CT molecular complexity index is 467. The van der Waals surface area contributed by atoms with E-state index in [4.69, 9.17) is 21.4 Å². The third-order valence-electron chi connectivity index (χ3n) is 3.91. The van der Waals surface area contributed by atoms with Crippen LogP contribution in [0.3, 0.4) is 0 Å². The van der Waals surface area contributed by atoms with Gasteiger partial charge in [0.15, 0.2) is 0 Å². The number of carboxylic acids is 1. The molecule has 21 heavy (non-hydrogen) atoms. The monoisotopic (exact) mass is 311 g/mol. The van der Waals surface area contributed by atoms with Crippen molar-refractivity contribution in [2.24, 2.45) is 0 Å². The van der Waals surface area contributed by atoms with E-state index in [0.29, 0.717) is 23.4 Å². The molecule has 0 radical (unpaired) electrons. The van der Waals surface area contributed by atoms with Crippen molar-refractivity contribution in [3.63, 3.8) is 0 Å². The van der Waals surface area contributed by atoms with Crippen molar-refractivity contribution in [1.82, 2.24) is 4.90 Å². The fourth-order valence-corrected chi connectivity index (χ4v) is 3.00. The molecule has 5 heteroatoms. The van der Waals surface area contributed by atoms with Gasteiger partial charge in [0.2, 0.25) is 0 Å². The van der Waals surface area contributed by atoms with Crippen molar-refractivity contribution >= 4 is 17.6 Å². The molecule has 1 saturated heterocycles. The van der Waals surface area contributed by atoms with Gasteiger partial charge in [-0.3, -0.25) is 9.69 Å². The number of likely N-dealkylation sites (tertiary alicyclic amines) is 1. The van der Waals surface area contributed by atoms with Crippen LogP contribution in [-0.4, -0.2) is 41.7 Å². The van der Waals surface area contributed by atoms with Crippen molar-refractivity contribution in [1.29, 1.82) is 0 Å². The van der Waals surface area contributed by atoms with Gasteiger partial charge in [0.1, 0.15) is 12.4 Å². The van der Waals surface area contributed by atoms with Gasteiger partial charge in [-0.15, -0.1) is 0 Å². The molecule has 2 rings (SSSR count). The first kappa shape index (κ1) is 16.1. The Kier molecular flexibility index (Phi) is 6.33. The molecule has 1 fully saturated rings. The van der Waals surface area contributed by atoms with Crippen LogP contribution in [0.25, 0.3) is 0 Å². The molecular formula is C16H22ClNO3. The Balaban J connectivity index is 1.79. The van der Waals surface area contributed by atoms with Crippen molar-refractivity contribution < 1.29 is 14.6 Å². The lowest BCUT2D eigenvalue weighted by molar-refractivity contribution is -0.137. The van der Waals surface area contributed by atoms with E-state index in [9.17, 15) is 4.79 Å². The topological polar surface area (TPSA) is 49.8 Å². The number of hydrogen-bond acceptors (Lipinski definition) is 3. The van der Waals surface area contributed by atoms with E-state index in [2.05, 4.69) is 4.90 Å². The van der Waals surface area contributed by atoms with E-state index in [1.165, 1.54) is 12.8 Å². The van der Waals surface area contributed by atoms with Gasteiger partial charge >= 0.3 is 5.97 Å². The lowest BCUT2D eigenvalue weighted by Crippen LogP contribution is -2.42. The first-order valence-corrected chi connectivity index (χ1v) is 7.88. The normalized spacial score (nSPS) is 19.4. The maximum Gasteiger partial charge on any atom is 0.303 e. The summed E-state index contributed by atoms with van der Waals surface area (Å²) in [5, 5.41) is 9.45. The number of aliphatic carboxylic acids is 1. The number of carbonyl (C=O) groups is 1. The molecule has 1 atom stereocenters. The van der Waals surface area contributed by atoms with E-state index < -0.39 is 5.97 Å². The smallest absolute Gasteiger partial charge is 0.303 e. The fourth-order valence-electron chi connectivity index (χ4n) is 2.81. The summed E-state index contributed by atoms with van der Waals surface area (Å²) in [6.07, 6.45) is 4.41. The predicted molar refractivity (Wildman–Crippen MR) is 83.0 cm³/mol. The van der Waals surface area contributed by atoms with E-state index >= 15 is 0 Å². The highest BCUT2D eigenvalue weighted by atomic mass is 35.5. The SMILES string of the molecule is O=C(O)CCC1CCCCN1CCOc1ccccc1Cl. The number of hydrogen-bond donors (Lipinski definition) is 1. The van der Waals surface area contributed by atoms with Gasteiger partial charge in [-0.1, -0.05) is 30.2 Å². The van der Waals surface area contributed by atoms with Crippen LogP contribution in [0.1, 0.15) is 32.1 Å². The molecule has 1 aliphatic heterocycles. The minimum atomic E-state index is -0.715. The lowest BCUT2D eigenvalue weighted by Gasteiger charge is -2.35. The standard InChI is InChI=1S/C16H22ClNO3/c17-14-6-1-2-7-15(14)21-12-11-18-10-4-3-5-13(18)8-9-16(19)20/h1-2,6-7,13H,3-5,8-12H2,(H,19,20). The summed E-state index contributed by atoms with van der Waals surface area (Å²) in [4.78, 5) is 13.1. The highest BCUT2D eigenvalue weighted by Gasteiger charge is 2.22. The molecule has 0 saturated carbocycles. The number of nitrogens with zero attached hydrogens (tertiary/aromatic N) is 1. The lowest BCUT2D eigenvalue weighted by atomic mass is 9.98. The molecule has 1 unspecified atom stereocenters. The number of para-hydroxylation sites is 1. The zero-order valence-electron chi connectivity index (χ0n) is 12.1. The second kappa shape index (κ2) is 8.25. The zero-order valence-corrected chi connectivity index (χ0v) is 12.9. The van der Waals surface area contributed by atoms with E-state index in [0.717, 1.165) is 25.9 Å². The van der Waals surface area contributed by atoms with Crippen molar-refractivity contribution in [2.45, 2.75) is 38.1 Å². The Morgan fingerprint density at radius 2 is 2.19 bits per heavy atom. The highest BCUT2D eigenvalue weighted by Crippen LogP contribution is 2.24. The van der Waals surface area contributed by atoms with E-state index in [-0.39, 0.29) is 6.42 Å². The molecule has 1 aromatic rings. The van der Waals surface area contributed by atoms with Gasteiger partial charge in [-0.2, -0.15) is 0 Å². The molecule has 1 N–H and O–H groups in total. The predicted octanol–water partition coefficient (Wildman–Crippen LogP) is 3.44. The second-order valence-electron chi connectivity index (χ2n) is 5.40. The molecule has 0 aromatic heterocycles. The summed E-state index contributed by atoms with van der Waals surface area (Å²) in [6, 6.07) is 7.82. The van der Waals surface area contributed by atoms with Gasteiger partial charge in [0, 0.05) is 19.0 Å². The first-order valence-electron chi connectivity index (χ1n) is 7.50. The summed E-state index contributed by atoms with van der Waals surface area (Å²) in [5.74, 6) is -0.00824. The van der Waals surface area contributed by atoms with Crippen molar-refractivity contribution in [2.75, 3.05) is 19.7 Å². The van der Waals surface area contributed by atoms with Crippen LogP contribution in [-0.2, 0) is 4.79 Å². The summed E-state index contributed by atoms with van der Waals surface area (Å²) in [7, 11) is 0. The minimum absolute atomic E-state index is 0.243. The maximum atomic E-state index is 10.7. The van der Waals surface area contributed by atoms with Gasteiger partial charge in [-0.25, -0.2) is 0 Å². The van der Waals surface area contributed by atoms with E-state index in [1.807, 2.05) is 24.3 Å². The Labute approximate surface area is 130 Å².